The molecular formula is C18H21FN4. The van der Waals surface area contributed by atoms with Crippen LogP contribution in [0.4, 0.5) is 15.9 Å². The van der Waals surface area contributed by atoms with Crippen LogP contribution >= 0.6 is 0 Å². The van der Waals surface area contributed by atoms with Crippen LogP contribution in [0.5, 0.6) is 0 Å². The molecule has 3 rings (SSSR count). The lowest BCUT2D eigenvalue weighted by atomic mass is 10.0. The van der Waals surface area contributed by atoms with E-state index in [0.29, 0.717) is 23.8 Å². The number of benzene rings is 1. The second kappa shape index (κ2) is 6.33. The summed E-state index contributed by atoms with van der Waals surface area (Å²) in [6.45, 7) is 4.54. The summed E-state index contributed by atoms with van der Waals surface area (Å²) >= 11 is 0. The largest absolute Gasteiger partial charge is 0.396 e. The number of halogens is 1. The van der Waals surface area contributed by atoms with Gasteiger partial charge in [0.05, 0.1) is 12.2 Å². The first-order valence-corrected chi connectivity index (χ1v) is 7.97. The maximum absolute atomic E-state index is 13.5. The topological polar surface area (TPSA) is 58.0 Å². The molecule has 23 heavy (non-hydrogen) atoms. The van der Waals surface area contributed by atoms with Crippen molar-refractivity contribution in [2.45, 2.75) is 26.3 Å². The van der Waals surface area contributed by atoms with Crippen LogP contribution in [0, 0.1) is 23.1 Å². The number of anilines is 2. The summed E-state index contributed by atoms with van der Waals surface area (Å²) in [7, 11) is 0. The van der Waals surface area contributed by atoms with E-state index in [1.54, 1.807) is 12.1 Å². The van der Waals surface area contributed by atoms with Crippen LogP contribution in [-0.4, -0.2) is 17.7 Å². The Balaban J connectivity index is 1.99. The van der Waals surface area contributed by atoms with Gasteiger partial charge in [-0.05, 0) is 42.5 Å². The summed E-state index contributed by atoms with van der Waals surface area (Å²) in [5.41, 5.74) is 8.14. The first kappa shape index (κ1) is 15.4. The average molecular weight is 312 g/mol. The zero-order chi connectivity index (χ0) is 16.4. The number of piperidine rings is 1. The number of hydrogen-bond donors (Lipinski definition) is 1. The van der Waals surface area contributed by atoms with Crippen LogP contribution in [0.15, 0.2) is 30.3 Å². The van der Waals surface area contributed by atoms with Crippen molar-refractivity contribution in [1.29, 1.82) is 5.26 Å². The van der Waals surface area contributed by atoms with E-state index in [-0.39, 0.29) is 5.82 Å². The summed E-state index contributed by atoms with van der Waals surface area (Å²) in [5, 5.41) is 9.42. The van der Waals surface area contributed by atoms with Crippen LogP contribution in [0.2, 0.25) is 0 Å². The van der Waals surface area contributed by atoms with Crippen molar-refractivity contribution in [3.63, 3.8) is 0 Å². The van der Waals surface area contributed by atoms with Crippen molar-refractivity contribution in [1.82, 2.24) is 4.57 Å². The molecule has 0 spiro atoms. The summed E-state index contributed by atoms with van der Waals surface area (Å²) in [6.07, 6.45) is 2.33. The summed E-state index contributed by atoms with van der Waals surface area (Å²) < 4.78 is 15.4. The van der Waals surface area contributed by atoms with E-state index in [9.17, 15) is 9.65 Å². The molecule has 1 aromatic carbocycles. The number of aromatic nitrogens is 1. The van der Waals surface area contributed by atoms with Gasteiger partial charge in [0, 0.05) is 13.1 Å². The minimum Gasteiger partial charge on any atom is -0.396 e. The molecule has 2 heterocycles. The maximum Gasteiger partial charge on any atom is 0.133 e. The van der Waals surface area contributed by atoms with Gasteiger partial charge >= 0.3 is 0 Å². The van der Waals surface area contributed by atoms with Gasteiger partial charge in [-0.1, -0.05) is 19.1 Å². The van der Waals surface area contributed by atoms with Crippen molar-refractivity contribution in [2.24, 2.45) is 5.92 Å². The van der Waals surface area contributed by atoms with Gasteiger partial charge in [-0.2, -0.15) is 5.26 Å². The maximum atomic E-state index is 13.5. The van der Waals surface area contributed by atoms with E-state index in [0.717, 1.165) is 30.9 Å². The lowest BCUT2D eigenvalue weighted by Crippen LogP contribution is -2.36. The molecule has 4 nitrogen and oxygen atoms in total. The molecule has 1 aromatic heterocycles. The molecule has 1 atom stereocenters. The molecule has 5 heteroatoms. The van der Waals surface area contributed by atoms with Crippen molar-refractivity contribution >= 4 is 11.5 Å². The number of nitriles is 1. The smallest absolute Gasteiger partial charge is 0.133 e. The highest BCUT2D eigenvalue weighted by molar-refractivity contribution is 5.68. The van der Waals surface area contributed by atoms with Crippen molar-refractivity contribution in [3.8, 4) is 6.07 Å². The fourth-order valence-electron chi connectivity index (χ4n) is 3.37. The number of nitrogen functional groups attached to an aromatic ring is 1. The molecule has 2 aromatic rings. The summed E-state index contributed by atoms with van der Waals surface area (Å²) in [6, 6.07) is 10.4. The first-order valence-electron chi connectivity index (χ1n) is 7.97. The highest BCUT2D eigenvalue weighted by Gasteiger charge is 2.23. The van der Waals surface area contributed by atoms with Crippen molar-refractivity contribution < 1.29 is 4.39 Å². The van der Waals surface area contributed by atoms with Gasteiger partial charge < -0.3 is 15.2 Å². The standard InChI is InChI=1S/C18H21FN4/c1-13-4-3-7-22(11-13)18-17(21)9-16(10-20)23(18)12-14-5-2-6-15(19)8-14/h2,5-6,8-9,13H,3-4,7,11-12,21H2,1H3. The first-order chi connectivity index (χ1) is 11.1. The Morgan fingerprint density at radius 1 is 1.39 bits per heavy atom. The van der Waals surface area contributed by atoms with E-state index >= 15 is 0 Å². The van der Waals surface area contributed by atoms with Crippen LogP contribution in [0.3, 0.4) is 0 Å². The fraction of sp³-hybridized carbons (Fsp3) is 0.389. The Morgan fingerprint density at radius 3 is 2.91 bits per heavy atom. The molecule has 1 fully saturated rings. The van der Waals surface area contributed by atoms with Crippen molar-refractivity contribution in [3.05, 3.63) is 47.4 Å². The monoisotopic (exact) mass is 312 g/mol. The number of hydrogen-bond acceptors (Lipinski definition) is 3. The van der Waals surface area contributed by atoms with Crippen LogP contribution in [-0.2, 0) is 6.54 Å². The number of nitrogens with two attached hydrogens (primary N) is 1. The van der Waals surface area contributed by atoms with Crippen LogP contribution in [0.1, 0.15) is 31.0 Å². The SMILES string of the molecule is CC1CCCN(c2c(N)cc(C#N)n2Cc2cccc(F)c2)C1. The fourth-order valence-corrected chi connectivity index (χ4v) is 3.37. The van der Waals surface area contributed by atoms with Gasteiger partial charge in [-0.15, -0.1) is 0 Å². The zero-order valence-corrected chi connectivity index (χ0v) is 13.3. The molecular weight excluding hydrogens is 291 g/mol. The van der Waals surface area contributed by atoms with Gasteiger partial charge in [0.2, 0.25) is 0 Å². The molecule has 0 saturated carbocycles. The molecule has 1 aliphatic heterocycles. The van der Waals surface area contributed by atoms with E-state index < -0.39 is 0 Å². The van der Waals surface area contributed by atoms with E-state index in [1.807, 2.05) is 10.6 Å². The van der Waals surface area contributed by atoms with Crippen LogP contribution in [0.25, 0.3) is 0 Å². The molecule has 120 valence electrons. The lowest BCUT2D eigenvalue weighted by Gasteiger charge is -2.34. The third-order valence-corrected chi connectivity index (χ3v) is 4.40. The van der Waals surface area contributed by atoms with Gasteiger partial charge in [0.25, 0.3) is 0 Å². The van der Waals surface area contributed by atoms with E-state index in [2.05, 4.69) is 17.9 Å². The van der Waals surface area contributed by atoms with Gasteiger partial charge in [0.15, 0.2) is 0 Å². The minimum atomic E-state index is -0.269. The van der Waals surface area contributed by atoms with Gasteiger partial charge in [-0.25, -0.2) is 4.39 Å². The Hall–Kier alpha value is -2.48. The Bertz CT molecular complexity index is 744. The highest BCUT2D eigenvalue weighted by atomic mass is 19.1. The Labute approximate surface area is 135 Å². The summed E-state index contributed by atoms with van der Waals surface area (Å²) in [5.74, 6) is 1.22. The quantitative estimate of drug-likeness (QED) is 0.945. The molecule has 1 unspecified atom stereocenters. The van der Waals surface area contributed by atoms with E-state index in [1.165, 1.54) is 18.6 Å². The molecule has 1 aliphatic rings. The number of rotatable bonds is 3. The van der Waals surface area contributed by atoms with E-state index in [4.69, 9.17) is 5.73 Å². The highest BCUT2D eigenvalue weighted by Crippen LogP contribution is 2.32. The molecule has 0 amide bonds. The van der Waals surface area contributed by atoms with Crippen LogP contribution < -0.4 is 10.6 Å². The average Bonchev–Trinajstić information content (AvgIpc) is 2.83. The van der Waals surface area contributed by atoms with Crippen molar-refractivity contribution in [2.75, 3.05) is 23.7 Å². The second-order valence-corrected chi connectivity index (χ2v) is 6.33. The molecule has 2 N–H and O–H groups in total. The number of nitrogens with zero attached hydrogens (tertiary/aromatic N) is 3. The normalized spacial score (nSPS) is 18.0. The predicted molar refractivity (Wildman–Crippen MR) is 89.7 cm³/mol. The Morgan fingerprint density at radius 2 is 2.22 bits per heavy atom. The lowest BCUT2D eigenvalue weighted by molar-refractivity contribution is 0.441. The molecule has 0 bridgehead atoms. The van der Waals surface area contributed by atoms with Gasteiger partial charge in [-0.3, -0.25) is 0 Å². The molecule has 0 radical (unpaired) electrons. The third kappa shape index (κ3) is 3.16. The molecule has 1 saturated heterocycles. The van der Waals surface area contributed by atoms with Gasteiger partial charge in [0.1, 0.15) is 23.4 Å². The zero-order valence-electron chi connectivity index (χ0n) is 13.3. The predicted octanol–water partition coefficient (Wildman–Crippen LogP) is 3.37. The second-order valence-electron chi connectivity index (χ2n) is 6.33. The Kier molecular flexibility index (Phi) is 4.24. The molecule has 0 aliphatic carbocycles. The third-order valence-electron chi connectivity index (χ3n) is 4.40. The summed E-state index contributed by atoms with van der Waals surface area (Å²) in [4.78, 5) is 2.25. The minimum absolute atomic E-state index is 0.269.